The van der Waals surface area contributed by atoms with Gasteiger partial charge in [0.05, 0.1) is 35.7 Å². The molecular formula is C35H36N6O5S. The average Bonchev–Trinajstić information content (AvgIpc) is 3.46. The second-order valence-electron chi connectivity index (χ2n) is 11.9. The minimum absolute atomic E-state index is 0.0506. The fraction of sp³-hybridized carbons (Fsp3) is 0.314. The number of thiophene rings is 1. The Hall–Kier alpha value is -4.78. The maximum atomic E-state index is 13.7. The Kier molecular flexibility index (Phi) is 8.88. The molecule has 1 unspecified atom stereocenters. The van der Waals surface area contributed by atoms with E-state index in [1.54, 1.807) is 28.1 Å². The lowest BCUT2D eigenvalue weighted by molar-refractivity contribution is -0.127. The van der Waals surface area contributed by atoms with Crippen LogP contribution in [0.15, 0.2) is 72.9 Å². The number of likely N-dealkylation sites (tertiary alicyclic amines) is 1. The number of urea groups is 1. The fourth-order valence-corrected chi connectivity index (χ4v) is 7.31. The number of nitrogens with zero attached hydrogens (tertiary/aromatic N) is 4. The van der Waals surface area contributed by atoms with Crippen molar-refractivity contribution in [3.05, 3.63) is 83.4 Å². The first kappa shape index (κ1) is 30.9. The van der Waals surface area contributed by atoms with Crippen LogP contribution in [-0.2, 0) is 9.53 Å². The Morgan fingerprint density at radius 3 is 2.72 bits per heavy atom. The minimum atomic E-state index is -0.365. The molecule has 2 saturated heterocycles. The van der Waals surface area contributed by atoms with Gasteiger partial charge in [0.25, 0.3) is 5.91 Å². The lowest BCUT2D eigenvalue weighted by atomic mass is 10.0. The Balaban J connectivity index is 1.06. The quantitative estimate of drug-likeness (QED) is 0.235. The van der Waals surface area contributed by atoms with E-state index in [1.165, 1.54) is 11.3 Å². The summed E-state index contributed by atoms with van der Waals surface area (Å²) in [6.45, 7) is 6.89. The maximum Gasteiger partial charge on any atom is 0.331 e. The normalized spacial score (nSPS) is 18.4. The van der Waals surface area contributed by atoms with Gasteiger partial charge in [-0.1, -0.05) is 24.3 Å². The van der Waals surface area contributed by atoms with Crippen molar-refractivity contribution in [1.29, 1.82) is 0 Å². The van der Waals surface area contributed by atoms with Crippen molar-refractivity contribution in [1.82, 2.24) is 20.1 Å². The second-order valence-corrected chi connectivity index (χ2v) is 12.9. The highest BCUT2D eigenvalue weighted by atomic mass is 32.1. The molecule has 5 heterocycles. The smallest absolute Gasteiger partial charge is 0.331 e. The van der Waals surface area contributed by atoms with Gasteiger partial charge in [-0.15, -0.1) is 11.3 Å². The van der Waals surface area contributed by atoms with Crippen LogP contribution in [-0.4, -0.2) is 84.6 Å². The Labute approximate surface area is 276 Å². The van der Waals surface area contributed by atoms with Crippen LogP contribution in [0.3, 0.4) is 0 Å². The van der Waals surface area contributed by atoms with Crippen LogP contribution in [0.1, 0.15) is 28.1 Å². The number of morpholine rings is 1. The molecule has 0 radical (unpaired) electrons. The summed E-state index contributed by atoms with van der Waals surface area (Å²) in [4.78, 5) is 51.5. The lowest BCUT2D eigenvalue weighted by Gasteiger charge is -2.33. The van der Waals surface area contributed by atoms with Crippen molar-refractivity contribution in [2.45, 2.75) is 25.8 Å². The van der Waals surface area contributed by atoms with E-state index in [2.05, 4.69) is 20.5 Å². The van der Waals surface area contributed by atoms with Crippen LogP contribution < -0.4 is 20.3 Å². The first-order valence-corrected chi connectivity index (χ1v) is 16.7. The van der Waals surface area contributed by atoms with Crippen molar-refractivity contribution < 1.29 is 23.9 Å². The van der Waals surface area contributed by atoms with Crippen molar-refractivity contribution in [2.75, 3.05) is 56.2 Å². The number of nitrogens with one attached hydrogen (secondary N) is 2. The highest BCUT2D eigenvalue weighted by Crippen LogP contribution is 2.46. The molecule has 0 saturated carbocycles. The number of piperidine rings is 1. The summed E-state index contributed by atoms with van der Waals surface area (Å²) in [5.41, 5.74) is 2.66. The molecule has 11 nitrogen and oxygen atoms in total. The van der Waals surface area contributed by atoms with E-state index in [4.69, 9.17) is 9.47 Å². The van der Waals surface area contributed by atoms with Crippen molar-refractivity contribution >= 4 is 56.5 Å². The summed E-state index contributed by atoms with van der Waals surface area (Å²) >= 11 is 1.25. The highest BCUT2D eigenvalue weighted by molar-refractivity contribution is 7.21. The third kappa shape index (κ3) is 6.57. The number of hydrogen-bond acceptors (Lipinski definition) is 8. The minimum Gasteiger partial charge on any atom is -0.457 e. The number of aromatic nitrogens is 1. The van der Waals surface area contributed by atoms with Gasteiger partial charge in [0.15, 0.2) is 0 Å². The largest absolute Gasteiger partial charge is 0.457 e. The van der Waals surface area contributed by atoms with Crippen molar-refractivity contribution in [2.24, 2.45) is 0 Å². The number of para-hydroxylation sites is 1. The van der Waals surface area contributed by atoms with E-state index in [0.29, 0.717) is 52.2 Å². The first-order chi connectivity index (χ1) is 22.9. The molecule has 4 amide bonds. The van der Waals surface area contributed by atoms with Gasteiger partial charge < -0.3 is 25.0 Å². The predicted molar refractivity (Wildman–Crippen MR) is 182 cm³/mol. The Morgan fingerprint density at radius 2 is 1.91 bits per heavy atom. The summed E-state index contributed by atoms with van der Waals surface area (Å²) in [5, 5.41) is 6.82. The molecule has 242 valence electrons. The molecule has 0 spiro atoms. The number of anilines is 3. The standard InChI is InChI=1S/C35H36N6O5S/c1-23-21-26(46-25-8-3-2-4-9-25)11-12-27(23)41-28-13-14-36-34-30(28)31(38-35(41)44)32(47-34)33(43)37-24-7-5-16-40(22-24)29(42)10-6-15-39-17-19-45-20-18-39/h2-4,6,8-14,21,24H,5,7,15-20,22H2,1H3,(H,37,43)(H,38,44). The summed E-state index contributed by atoms with van der Waals surface area (Å²) in [6.07, 6.45) is 6.75. The van der Waals surface area contributed by atoms with Gasteiger partial charge >= 0.3 is 6.03 Å². The fourth-order valence-electron chi connectivity index (χ4n) is 6.29. The van der Waals surface area contributed by atoms with E-state index in [-0.39, 0.29) is 23.9 Å². The molecule has 2 aromatic carbocycles. The van der Waals surface area contributed by atoms with Crippen LogP contribution in [0.2, 0.25) is 0 Å². The van der Waals surface area contributed by atoms with Crippen LogP contribution in [0.5, 0.6) is 11.5 Å². The molecular weight excluding hydrogens is 616 g/mol. The summed E-state index contributed by atoms with van der Waals surface area (Å²) in [5.74, 6) is 1.05. The summed E-state index contributed by atoms with van der Waals surface area (Å²) in [6, 6.07) is 16.3. The molecule has 2 fully saturated rings. The Morgan fingerprint density at radius 1 is 1.09 bits per heavy atom. The molecule has 2 aromatic heterocycles. The number of carbonyl (C=O) groups is 3. The van der Waals surface area contributed by atoms with E-state index >= 15 is 0 Å². The van der Waals surface area contributed by atoms with Crippen LogP contribution in [0.4, 0.5) is 21.9 Å². The van der Waals surface area contributed by atoms with Gasteiger partial charge in [0, 0.05) is 51.0 Å². The van der Waals surface area contributed by atoms with Crippen LogP contribution >= 0.6 is 11.3 Å². The zero-order valence-electron chi connectivity index (χ0n) is 26.1. The third-order valence-electron chi connectivity index (χ3n) is 8.64. The molecule has 0 aliphatic carbocycles. The van der Waals surface area contributed by atoms with Gasteiger partial charge in [0.1, 0.15) is 21.2 Å². The number of hydrogen-bond donors (Lipinski definition) is 2. The molecule has 12 heteroatoms. The number of carbonyl (C=O) groups excluding carboxylic acids is 3. The monoisotopic (exact) mass is 652 g/mol. The molecule has 3 aliphatic heterocycles. The third-order valence-corrected chi connectivity index (χ3v) is 9.73. The molecule has 3 aliphatic rings. The summed E-state index contributed by atoms with van der Waals surface area (Å²) in [7, 11) is 0. The predicted octanol–water partition coefficient (Wildman–Crippen LogP) is 5.69. The average molecular weight is 653 g/mol. The number of pyridine rings is 1. The van der Waals surface area contributed by atoms with Gasteiger partial charge in [0.2, 0.25) is 5.91 Å². The molecule has 1 atom stereocenters. The molecule has 0 bridgehead atoms. The summed E-state index contributed by atoms with van der Waals surface area (Å²) < 4.78 is 11.4. The van der Waals surface area contributed by atoms with E-state index < -0.39 is 0 Å². The van der Waals surface area contributed by atoms with Gasteiger partial charge in [-0.3, -0.25) is 19.4 Å². The molecule has 2 N–H and O–H groups in total. The first-order valence-electron chi connectivity index (χ1n) is 15.9. The highest BCUT2D eigenvalue weighted by Gasteiger charge is 2.34. The zero-order valence-corrected chi connectivity index (χ0v) is 26.9. The number of benzene rings is 2. The number of ether oxygens (including phenoxy) is 2. The van der Waals surface area contributed by atoms with Crippen LogP contribution in [0.25, 0.3) is 10.2 Å². The zero-order chi connectivity index (χ0) is 32.3. The second kappa shape index (κ2) is 13.5. The molecule has 4 aromatic rings. The SMILES string of the molecule is Cc1cc(Oc2ccccc2)ccc1N1C(=O)Nc2c(C(=O)NC3CCCN(C(=O)C=CCN4CCOCC4)C3)sc3nccc1c23. The van der Waals surface area contributed by atoms with E-state index in [0.717, 1.165) is 55.8 Å². The molecule has 7 rings (SSSR count). The lowest BCUT2D eigenvalue weighted by Crippen LogP contribution is -2.49. The van der Waals surface area contributed by atoms with Crippen molar-refractivity contribution in [3.63, 3.8) is 0 Å². The number of rotatable bonds is 8. The van der Waals surface area contributed by atoms with Crippen LogP contribution in [0, 0.1) is 6.92 Å². The Bertz CT molecular complexity index is 1840. The van der Waals surface area contributed by atoms with Gasteiger partial charge in [-0.05, 0) is 61.7 Å². The van der Waals surface area contributed by atoms with Gasteiger partial charge in [-0.25, -0.2) is 9.78 Å². The number of amides is 4. The van der Waals surface area contributed by atoms with E-state index in [9.17, 15) is 14.4 Å². The number of aryl methyl sites for hydroxylation is 1. The molecule has 47 heavy (non-hydrogen) atoms. The van der Waals surface area contributed by atoms with Crippen molar-refractivity contribution in [3.8, 4) is 11.5 Å². The van der Waals surface area contributed by atoms with E-state index in [1.807, 2.05) is 61.5 Å². The van der Waals surface area contributed by atoms with Gasteiger partial charge in [-0.2, -0.15) is 0 Å². The topological polar surface area (TPSA) is 116 Å². The maximum absolute atomic E-state index is 13.7.